The van der Waals surface area contributed by atoms with Gasteiger partial charge in [-0.05, 0) is 37.1 Å². The molecule has 0 spiro atoms. The smallest absolute Gasteiger partial charge is 0.280 e. The zero-order valence-electron chi connectivity index (χ0n) is 17.7. The lowest BCUT2D eigenvalue weighted by molar-refractivity contribution is -0.122. The number of nitrogens with two attached hydrogens (primary N) is 3. The van der Waals surface area contributed by atoms with Gasteiger partial charge in [-0.3, -0.25) is 19.8 Å². The predicted molar refractivity (Wildman–Crippen MR) is 128 cm³/mol. The third-order valence-electron chi connectivity index (χ3n) is 4.93. The number of aliphatic imine (C=N–C) groups is 1. The highest BCUT2D eigenvalue weighted by Crippen LogP contribution is 2.17. The van der Waals surface area contributed by atoms with Gasteiger partial charge in [-0.2, -0.15) is 0 Å². The van der Waals surface area contributed by atoms with Gasteiger partial charge in [-0.15, -0.1) is 0 Å². The molecule has 1 aliphatic rings. The summed E-state index contributed by atoms with van der Waals surface area (Å²) >= 11 is 11.7. The first kappa shape index (κ1) is 24.5. The zero-order chi connectivity index (χ0) is 24.0. The van der Waals surface area contributed by atoms with E-state index in [4.69, 9.17) is 40.4 Å². The third-order valence-corrected chi connectivity index (χ3v) is 5.46. The van der Waals surface area contributed by atoms with Gasteiger partial charge in [0.25, 0.3) is 5.91 Å². The summed E-state index contributed by atoms with van der Waals surface area (Å²) in [6.45, 7) is 1.96. The van der Waals surface area contributed by atoms with Gasteiger partial charge in [0.15, 0.2) is 28.4 Å². The minimum Gasteiger partial charge on any atom is -0.382 e. The molecule has 176 valence electrons. The minimum atomic E-state index is -0.697. The summed E-state index contributed by atoms with van der Waals surface area (Å²) in [7, 11) is 0. The van der Waals surface area contributed by atoms with Crippen LogP contribution in [-0.4, -0.2) is 58.3 Å². The summed E-state index contributed by atoms with van der Waals surface area (Å²) in [5, 5.41) is 5.83. The van der Waals surface area contributed by atoms with Crippen LogP contribution >= 0.6 is 23.2 Å². The highest BCUT2D eigenvalue weighted by atomic mass is 35.5. The Morgan fingerprint density at radius 1 is 1.15 bits per heavy atom. The first-order chi connectivity index (χ1) is 15.7. The van der Waals surface area contributed by atoms with Crippen molar-refractivity contribution in [2.24, 2.45) is 10.7 Å². The number of rotatable bonds is 6. The first-order valence-corrected chi connectivity index (χ1v) is 10.9. The van der Waals surface area contributed by atoms with E-state index in [0.29, 0.717) is 18.1 Å². The van der Waals surface area contributed by atoms with Gasteiger partial charge in [0.2, 0.25) is 5.91 Å². The summed E-state index contributed by atoms with van der Waals surface area (Å²) in [4.78, 5) is 38.6. The van der Waals surface area contributed by atoms with E-state index in [1.54, 1.807) is 12.1 Å². The summed E-state index contributed by atoms with van der Waals surface area (Å²) < 4.78 is 0. The second-order valence-electron chi connectivity index (χ2n) is 7.54. The maximum atomic E-state index is 12.4. The van der Waals surface area contributed by atoms with Crippen molar-refractivity contribution < 1.29 is 9.59 Å². The van der Waals surface area contributed by atoms with Gasteiger partial charge in [-0.1, -0.05) is 35.3 Å². The van der Waals surface area contributed by atoms with Crippen molar-refractivity contribution in [1.82, 2.24) is 25.5 Å². The van der Waals surface area contributed by atoms with Crippen molar-refractivity contribution in [2.75, 3.05) is 31.1 Å². The van der Waals surface area contributed by atoms with Crippen LogP contribution in [0.5, 0.6) is 0 Å². The topological polar surface area (TPSA) is 178 Å². The molecular weight excluding hydrogens is 469 g/mol. The normalized spacial score (nSPS) is 16.9. The fourth-order valence-electron chi connectivity index (χ4n) is 3.36. The van der Waals surface area contributed by atoms with Crippen molar-refractivity contribution in [3.8, 4) is 0 Å². The average Bonchev–Trinajstić information content (AvgIpc) is 2.76. The average molecular weight is 494 g/mol. The number of piperidine rings is 1. The number of guanidine groups is 1. The Hall–Kier alpha value is -3.15. The second-order valence-corrected chi connectivity index (χ2v) is 8.33. The van der Waals surface area contributed by atoms with Crippen LogP contribution in [0.2, 0.25) is 10.2 Å². The number of carbonyl (C=O) groups excluding carboxylic acids is 2. The maximum absolute atomic E-state index is 12.4. The molecule has 1 aromatic carbocycles. The standard InChI is InChI=1S/C20H25Cl2N9O2/c21-12-5-3-11(4-6-12)8-26-14(32)10-31-7-1-2-13(9-31)27-20(25)30-19(33)15-17(23)29-18(24)16(22)28-15/h3-6,13H,1-2,7-10H2,(H,26,32)(H4,23,24,29)(H3,25,27,30,33)/t13-/m0/s1. The van der Waals surface area contributed by atoms with Crippen LogP contribution in [0.4, 0.5) is 11.6 Å². The summed E-state index contributed by atoms with van der Waals surface area (Å²) in [5.74, 6) is -1.13. The number of benzene rings is 1. The summed E-state index contributed by atoms with van der Waals surface area (Å²) in [5.41, 5.74) is 17.9. The molecule has 0 unspecified atom stereocenters. The lowest BCUT2D eigenvalue weighted by atomic mass is 10.1. The molecule has 2 aromatic rings. The first-order valence-electron chi connectivity index (χ1n) is 10.2. The number of anilines is 2. The molecule has 33 heavy (non-hydrogen) atoms. The molecule has 1 aromatic heterocycles. The fraction of sp³-hybridized carbons (Fsp3) is 0.350. The zero-order valence-corrected chi connectivity index (χ0v) is 19.2. The van der Waals surface area contributed by atoms with Crippen LogP contribution in [0.25, 0.3) is 0 Å². The van der Waals surface area contributed by atoms with Gasteiger partial charge < -0.3 is 22.5 Å². The number of aromatic nitrogens is 2. The van der Waals surface area contributed by atoms with Crippen molar-refractivity contribution in [1.29, 1.82) is 0 Å². The van der Waals surface area contributed by atoms with Crippen LogP contribution in [-0.2, 0) is 11.3 Å². The second kappa shape index (κ2) is 11.1. The molecule has 0 bridgehead atoms. The number of hydrogen-bond acceptors (Lipinski definition) is 8. The van der Waals surface area contributed by atoms with E-state index in [0.717, 1.165) is 24.9 Å². The lowest BCUT2D eigenvalue weighted by Crippen LogP contribution is -2.45. The van der Waals surface area contributed by atoms with Crippen molar-refractivity contribution in [3.05, 3.63) is 45.7 Å². The molecule has 3 rings (SSSR count). The van der Waals surface area contributed by atoms with Crippen molar-refractivity contribution in [3.63, 3.8) is 0 Å². The molecule has 0 radical (unpaired) electrons. The number of likely N-dealkylation sites (tertiary alicyclic amines) is 1. The molecule has 1 fully saturated rings. The molecule has 1 atom stereocenters. The molecule has 11 nitrogen and oxygen atoms in total. The van der Waals surface area contributed by atoms with Crippen molar-refractivity contribution in [2.45, 2.75) is 25.4 Å². The lowest BCUT2D eigenvalue weighted by Gasteiger charge is -2.30. The molecule has 0 aliphatic carbocycles. The van der Waals surface area contributed by atoms with Crippen LogP contribution in [0, 0.1) is 0 Å². The van der Waals surface area contributed by atoms with E-state index in [2.05, 4.69) is 25.6 Å². The number of nitrogens with zero attached hydrogens (tertiary/aromatic N) is 4. The Labute approximate surface area is 200 Å². The van der Waals surface area contributed by atoms with Gasteiger partial charge in [0.1, 0.15) is 0 Å². The molecule has 0 saturated carbocycles. The molecule has 13 heteroatoms. The molecule has 8 N–H and O–H groups in total. The van der Waals surface area contributed by atoms with Crippen LogP contribution in [0.3, 0.4) is 0 Å². The molecule has 1 aliphatic heterocycles. The van der Waals surface area contributed by atoms with Crippen molar-refractivity contribution >= 4 is 52.6 Å². The fourth-order valence-corrected chi connectivity index (χ4v) is 3.61. The summed E-state index contributed by atoms with van der Waals surface area (Å²) in [6.07, 6.45) is 1.61. The Bertz CT molecular complexity index is 1050. The number of halogens is 2. The van der Waals surface area contributed by atoms with Gasteiger partial charge in [0.05, 0.1) is 12.6 Å². The van der Waals surface area contributed by atoms with Crippen LogP contribution < -0.4 is 27.8 Å². The SMILES string of the molecule is NC(=N[C@H]1CCCN(CC(=O)NCc2ccc(Cl)cc2)C1)NC(=O)c1nc(Cl)c(N)nc1N. The van der Waals surface area contributed by atoms with E-state index in [1.165, 1.54) is 0 Å². The molecule has 2 amide bonds. The third kappa shape index (κ3) is 7.17. The highest BCUT2D eigenvalue weighted by Gasteiger charge is 2.22. The molecular formula is C20H25Cl2N9O2. The van der Waals surface area contributed by atoms with Gasteiger partial charge in [0, 0.05) is 18.1 Å². The van der Waals surface area contributed by atoms with Gasteiger partial charge >= 0.3 is 0 Å². The van der Waals surface area contributed by atoms with Gasteiger partial charge in [-0.25, -0.2) is 15.0 Å². The Morgan fingerprint density at radius 3 is 2.61 bits per heavy atom. The quantitative estimate of drug-likeness (QED) is 0.289. The predicted octanol–water partition coefficient (Wildman–Crippen LogP) is 0.773. The minimum absolute atomic E-state index is 0.0770. The Kier molecular flexibility index (Phi) is 8.26. The Morgan fingerprint density at radius 2 is 1.88 bits per heavy atom. The molecule has 2 heterocycles. The van der Waals surface area contributed by atoms with Crippen LogP contribution in [0.1, 0.15) is 28.9 Å². The van der Waals surface area contributed by atoms with E-state index in [-0.39, 0.29) is 46.9 Å². The number of nitrogen functional groups attached to an aromatic ring is 2. The van der Waals surface area contributed by atoms with E-state index >= 15 is 0 Å². The van der Waals surface area contributed by atoms with E-state index in [9.17, 15) is 9.59 Å². The monoisotopic (exact) mass is 493 g/mol. The number of hydrogen-bond donors (Lipinski definition) is 5. The van der Waals surface area contributed by atoms with Crippen LogP contribution in [0.15, 0.2) is 29.3 Å². The Balaban J connectivity index is 1.50. The van der Waals surface area contributed by atoms with E-state index < -0.39 is 5.91 Å². The maximum Gasteiger partial charge on any atom is 0.280 e. The largest absolute Gasteiger partial charge is 0.382 e. The highest BCUT2D eigenvalue weighted by molar-refractivity contribution is 6.31. The summed E-state index contributed by atoms with van der Waals surface area (Å²) in [6, 6.07) is 7.11. The van der Waals surface area contributed by atoms with E-state index in [1.807, 2.05) is 17.0 Å². The molecule has 1 saturated heterocycles. The number of carbonyl (C=O) groups is 2. The number of nitrogens with one attached hydrogen (secondary N) is 2. The number of amides is 2.